The standard InChI is InChI=1S/C14H13N3O3/c1-20-14(19)12(8-18)17-13-9(6-15)7-16-11-5-3-2-4-10(11)13/h2-5,7,12,18H,8H2,1H3,(H,16,17). The van der Waals surface area contributed by atoms with E-state index >= 15 is 0 Å². The van der Waals surface area contributed by atoms with Crippen molar-refractivity contribution in [3.05, 3.63) is 36.0 Å². The molecule has 0 aliphatic heterocycles. The van der Waals surface area contributed by atoms with Crippen LogP contribution < -0.4 is 5.32 Å². The molecule has 0 saturated carbocycles. The largest absolute Gasteiger partial charge is 0.467 e. The van der Waals surface area contributed by atoms with Crippen LogP contribution >= 0.6 is 0 Å². The number of anilines is 1. The summed E-state index contributed by atoms with van der Waals surface area (Å²) in [7, 11) is 1.24. The monoisotopic (exact) mass is 271 g/mol. The van der Waals surface area contributed by atoms with Gasteiger partial charge in [0, 0.05) is 11.6 Å². The second-order valence-electron chi connectivity index (χ2n) is 4.08. The number of nitriles is 1. The van der Waals surface area contributed by atoms with Gasteiger partial charge in [0.25, 0.3) is 0 Å². The maximum absolute atomic E-state index is 11.5. The predicted octanol–water partition coefficient (Wildman–Crippen LogP) is 1.05. The summed E-state index contributed by atoms with van der Waals surface area (Å²) in [5, 5.41) is 22.0. The lowest BCUT2D eigenvalue weighted by Crippen LogP contribution is -2.34. The fourth-order valence-electron chi connectivity index (χ4n) is 1.88. The highest BCUT2D eigenvalue weighted by Gasteiger charge is 2.20. The molecule has 6 heteroatoms. The van der Waals surface area contributed by atoms with E-state index in [2.05, 4.69) is 15.0 Å². The summed E-state index contributed by atoms with van der Waals surface area (Å²) in [6.07, 6.45) is 1.43. The minimum Gasteiger partial charge on any atom is -0.467 e. The zero-order valence-corrected chi connectivity index (χ0v) is 10.8. The highest BCUT2D eigenvalue weighted by Crippen LogP contribution is 2.26. The minimum absolute atomic E-state index is 0.297. The molecule has 1 aromatic heterocycles. The van der Waals surface area contributed by atoms with Crippen LogP contribution in [0.15, 0.2) is 30.5 Å². The topological polar surface area (TPSA) is 95.2 Å². The van der Waals surface area contributed by atoms with Crippen LogP contribution in [0.2, 0.25) is 0 Å². The summed E-state index contributed by atoms with van der Waals surface area (Å²) in [6, 6.07) is 8.31. The van der Waals surface area contributed by atoms with E-state index in [9.17, 15) is 9.90 Å². The number of hydrogen-bond acceptors (Lipinski definition) is 6. The SMILES string of the molecule is COC(=O)C(CO)Nc1c(C#N)cnc2ccccc12. The van der Waals surface area contributed by atoms with Crippen LogP contribution in [0, 0.1) is 11.3 Å². The molecule has 6 nitrogen and oxygen atoms in total. The van der Waals surface area contributed by atoms with Gasteiger partial charge in [0.1, 0.15) is 12.1 Å². The van der Waals surface area contributed by atoms with Gasteiger partial charge < -0.3 is 15.2 Å². The highest BCUT2D eigenvalue weighted by molar-refractivity contribution is 5.95. The Balaban J connectivity index is 2.51. The Bertz CT molecular complexity index is 679. The first kappa shape index (κ1) is 13.8. The third-order valence-corrected chi connectivity index (χ3v) is 2.88. The third kappa shape index (κ3) is 2.53. The van der Waals surface area contributed by atoms with E-state index < -0.39 is 18.6 Å². The molecular formula is C14H13N3O3. The maximum atomic E-state index is 11.5. The van der Waals surface area contributed by atoms with E-state index in [1.165, 1.54) is 13.3 Å². The average molecular weight is 271 g/mol. The molecule has 0 aliphatic carbocycles. The van der Waals surface area contributed by atoms with Crippen LogP contribution in [-0.4, -0.2) is 35.8 Å². The Morgan fingerprint density at radius 1 is 1.55 bits per heavy atom. The molecule has 0 aliphatic rings. The van der Waals surface area contributed by atoms with Crippen molar-refractivity contribution in [1.82, 2.24) is 4.98 Å². The van der Waals surface area contributed by atoms with Crippen molar-refractivity contribution in [2.24, 2.45) is 0 Å². The highest BCUT2D eigenvalue weighted by atomic mass is 16.5. The van der Waals surface area contributed by atoms with Crippen LogP contribution in [0.5, 0.6) is 0 Å². The molecule has 0 amide bonds. The second-order valence-corrected chi connectivity index (χ2v) is 4.08. The summed E-state index contributed by atoms with van der Waals surface area (Å²) < 4.78 is 4.60. The van der Waals surface area contributed by atoms with Crippen LogP contribution in [0.1, 0.15) is 5.56 Å². The van der Waals surface area contributed by atoms with Crippen LogP contribution in [-0.2, 0) is 9.53 Å². The fraction of sp³-hybridized carbons (Fsp3) is 0.214. The van der Waals surface area contributed by atoms with Gasteiger partial charge in [-0.05, 0) is 6.07 Å². The molecule has 1 unspecified atom stereocenters. The number of pyridine rings is 1. The second kappa shape index (κ2) is 5.99. The number of carbonyl (C=O) groups excluding carboxylic acids is 1. The van der Waals surface area contributed by atoms with Crippen LogP contribution in [0.4, 0.5) is 5.69 Å². The van der Waals surface area contributed by atoms with E-state index in [0.717, 1.165) is 0 Å². The molecule has 0 saturated heterocycles. The Hall–Kier alpha value is -2.65. The fourth-order valence-corrected chi connectivity index (χ4v) is 1.88. The van der Waals surface area contributed by atoms with Crippen LogP contribution in [0.25, 0.3) is 10.9 Å². The van der Waals surface area contributed by atoms with Crippen molar-refractivity contribution in [3.63, 3.8) is 0 Å². The summed E-state index contributed by atoms with van der Waals surface area (Å²) in [5.41, 5.74) is 1.45. The lowest BCUT2D eigenvalue weighted by molar-refractivity contribution is -0.142. The predicted molar refractivity (Wildman–Crippen MR) is 73.0 cm³/mol. The third-order valence-electron chi connectivity index (χ3n) is 2.88. The first-order valence-corrected chi connectivity index (χ1v) is 5.94. The summed E-state index contributed by atoms with van der Waals surface area (Å²) >= 11 is 0. The zero-order chi connectivity index (χ0) is 14.5. The van der Waals surface area contributed by atoms with E-state index in [-0.39, 0.29) is 0 Å². The van der Waals surface area contributed by atoms with Crippen molar-refractivity contribution in [3.8, 4) is 6.07 Å². The number of ether oxygens (including phenoxy) is 1. The molecular weight excluding hydrogens is 258 g/mol. The maximum Gasteiger partial charge on any atom is 0.330 e. The van der Waals surface area contributed by atoms with Gasteiger partial charge in [-0.25, -0.2) is 4.79 Å². The first-order valence-electron chi connectivity index (χ1n) is 5.94. The number of rotatable bonds is 4. The number of nitrogens with one attached hydrogen (secondary N) is 1. The summed E-state index contributed by atoms with van der Waals surface area (Å²) in [6.45, 7) is -0.436. The van der Waals surface area contributed by atoms with Gasteiger partial charge in [-0.2, -0.15) is 5.26 Å². The number of para-hydroxylation sites is 1. The van der Waals surface area contributed by atoms with Gasteiger partial charge >= 0.3 is 5.97 Å². The molecule has 2 aromatic rings. The Morgan fingerprint density at radius 3 is 2.95 bits per heavy atom. The molecule has 102 valence electrons. The van der Waals surface area contributed by atoms with E-state index in [4.69, 9.17) is 5.26 Å². The number of fused-ring (bicyclic) bond motifs is 1. The van der Waals surface area contributed by atoms with Gasteiger partial charge in [-0.15, -0.1) is 0 Å². The van der Waals surface area contributed by atoms with Crippen molar-refractivity contribution < 1.29 is 14.6 Å². The van der Waals surface area contributed by atoms with Crippen molar-refractivity contribution in [2.45, 2.75) is 6.04 Å². The van der Waals surface area contributed by atoms with E-state index in [1.807, 2.05) is 18.2 Å². The Kier molecular flexibility index (Phi) is 4.13. The molecule has 1 aromatic carbocycles. The number of esters is 1. The van der Waals surface area contributed by atoms with Crippen molar-refractivity contribution in [1.29, 1.82) is 5.26 Å². The summed E-state index contributed by atoms with van der Waals surface area (Å²) in [4.78, 5) is 15.7. The zero-order valence-electron chi connectivity index (χ0n) is 10.8. The quantitative estimate of drug-likeness (QED) is 0.807. The first-order chi connectivity index (χ1) is 9.71. The molecule has 1 atom stereocenters. The minimum atomic E-state index is -0.932. The van der Waals surface area contributed by atoms with Gasteiger partial charge in [-0.3, -0.25) is 4.98 Å². The number of aliphatic hydroxyl groups excluding tert-OH is 1. The number of aromatic nitrogens is 1. The molecule has 0 spiro atoms. The van der Waals surface area contributed by atoms with E-state index in [0.29, 0.717) is 22.2 Å². The Morgan fingerprint density at radius 2 is 2.30 bits per heavy atom. The number of aliphatic hydroxyl groups is 1. The van der Waals surface area contributed by atoms with Gasteiger partial charge in [0.2, 0.25) is 0 Å². The molecule has 1 heterocycles. The summed E-state index contributed by atoms with van der Waals surface area (Å²) in [5.74, 6) is -0.600. The number of nitrogens with zero attached hydrogens (tertiary/aromatic N) is 2. The number of hydrogen-bond donors (Lipinski definition) is 2. The van der Waals surface area contributed by atoms with Gasteiger partial charge in [0.05, 0.1) is 30.5 Å². The van der Waals surface area contributed by atoms with Gasteiger partial charge in [-0.1, -0.05) is 18.2 Å². The Labute approximate surface area is 115 Å². The average Bonchev–Trinajstić information content (AvgIpc) is 2.51. The van der Waals surface area contributed by atoms with Gasteiger partial charge in [0.15, 0.2) is 0 Å². The molecule has 2 rings (SSSR count). The van der Waals surface area contributed by atoms with E-state index in [1.54, 1.807) is 12.1 Å². The normalized spacial score (nSPS) is 11.7. The smallest absolute Gasteiger partial charge is 0.330 e. The number of benzene rings is 1. The lowest BCUT2D eigenvalue weighted by atomic mass is 10.1. The number of methoxy groups -OCH3 is 1. The number of carbonyl (C=O) groups is 1. The molecule has 2 N–H and O–H groups in total. The molecule has 20 heavy (non-hydrogen) atoms. The van der Waals surface area contributed by atoms with Crippen molar-refractivity contribution >= 4 is 22.6 Å². The molecule has 0 radical (unpaired) electrons. The molecule has 0 fully saturated rings. The lowest BCUT2D eigenvalue weighted by Gasteiger charge is -2.17. The van der Waals surface area contributed by atoms with Crippen LogP contribution in [0.3, 0.4) is 0 Å². The van der Waals surface area contributed by atoms with Crippen molar-refractivity contribution in [2.75, 3.05) is 19.0 Å². The molecule has 0 bridgehead atoms.